The lowest BCUT2D eigenvalue weighted by Crippen LogP contribution is -2.16. The second kappa shape index (κ2) is 7.58. The molecule has 0 atom stereocenters. The van der Waals surface area contributed by atoms with Gasteiger partial charge in [0.15, 0.2) is 15.4 Å². The van der Waals surface area contributed by atoms with E-state index in [1.165, 1.54) is 11.3 Å². The van der Waals surface area contributed by atoms with Crippen molar-refractivity contribution >= 4 is 29.5 Å². The number of ether oxygens (including phenoxy) is 1. The quantitative estimate of drug-likeness (QED) is 0.695. The molecule has 0 saturated carbocycles. The number of benzene rings is 1. The zero-order valence-electron chi connectivity index (χ0n) is 13.8. The molecule has 1 N–H and O–H groups in total. The Morgan fingerprint density at radius 3 is 2.80 bits per heavy atom. The minimum Gasteiger partial charge on any atom is -0.494 e. The molecule has 0 fully saturated rings. The SMILES string of the molecule is CCOc1ccc(-c2n[nH]c(=S)n2CC(=O)N=c2sccn2C)cc1. The van der Waals surface area contributed by atoms with E-state index in [1.807, 2.05) is 49.8 Å². The predicted octanol–water partition coefficient (Wildman–Crippen LogP) is 2.53. The second-order valence-corrected chi connectivity index (χ2v) is 6.46. The lowest BCUT2D eigenvalue weighted by atomic mass is 10.2. The Morgan fingerprint density at radius 1 is 1.40 bits per heavy atom. The summed E-state index contributed by atoms with van der Waals surface area (Å²) in [6.07, 6.45) is 1.85. The number of aromatic amines is 1. The molecular weight excluding hydrogens is 358 g/mol. The fourth-order valence-electron chi connectivity index (χ4n) is 2.26. The maximum Gasteiger partial charge on any atom is 0.268 e. The Hall–Kier alpha value is -2.52. The highest BCUT2D eigenvalue weighted by Gasteiger charge is 2.12. The van der Waals surface area contributed by atoms with E-state index >= 15 is 0 Å². The van der Waals surface area contributed by atoms with E-state index in [-0.39, 0.29) is 12.5 Å². The minimum absolute atomic E-state index is 0.0236. The molecule has 2 aromatic heterocycles. The molecular formula is C16H17N5O2S2. The van der Waals surface area contributed by atoms with E-state index in [1.54, 1.807) is 9.13 Å². The molecule has 0 radical (unpaired) electrons. The summed E-state index contributed by atoms with van der Waals surface area (Å²) in [6.45, 7) is 2.56. The highest BCUT2D eigenvalue weighted by atomic mass is 32.1. The van der Waals surface area contributed by atoms with E-state index in [2.05, 4.69) is 15.2 Å². The smallest absolute Gasteiger partial charge is 0.268 e. The number of thiazole rings is 1. The number of carbonyl (C=O) groups excluding carboxylic acids is 1. The van der Waals surface area contributed by atoms with Crippen LogP contribution in [0.2, 0.25) is 0 Å². The third-order valence-electron chi connectivity index (χ3n) is 3.46. The Labute approximate surface area is 153 Å². The summed E-state index contributed by atoms with van der Waals surface area (Å²) in [5.74, 6) is 1.08. The number of H-pyrrole nitrogens is 1. The van der Waals surface area contributed by atoms with Gasteiger partial charge in [0.05, 0.1) is 6.61 Å². The Kier molecular flexibility index (Phi) is 5.25. The summed E-state index contributed by atoms with van der Waals surface area (Å²) in [4.78, 5) is 17.1. The van der Waals surface area contributed by atoms with Crippen LogP contribution in [0.3, 0.4) is 0 Å². The molecule has 3 rings (SSSR count). The van der Waals surface area contributed by atoms with Gasteiger partial charge >= 0.3 is 0 Å². The molecule has 0 aliphatic carbocycles. The normalized spacial score (nSPS) is 11.7. The van der Waals surface area contributed by atoms with Gasteiger partial charge in [0.25, 0.3) is 5.91 Å². The molecule has 1 amide bonds. The molecule has 0 aliphatic rings. The fourth-order valence-corrected chi connectivity index (χ4v) is 3.21. The lowest BCUT2D eigenvalue weighted by Gasteiger charge is -2.06. The first-order valence-electron chi connectivity index (χ1n) is 7.64. The van der Waals surface area contributed by atoms with Crippen molar-refractivity contribution in [3.63, 3.8) is 0 Å². The number of aryl methyl sites for hydroxylation is 1. The van der Waals surface area contributed by atoms with Crippen LogP contribution in [0, 0.1) is 4.77 Å². The predicted molar refractivity (Wildman–Crippen MR) is 97.9 cm³/mol. The van der Waals surface area contributed by atoms with Crippen LogP contribution in [0.15, 0.2) is 40.8 Å². The van der Waals surface area contributed by atoms with Gasteiger partial charge in [0.2, 0.25) is 0 Å². The van der Waals surface area contributed by atoms with Gasteiger partial charge in [-0.2, -0.15) is 10.1 Å². The van der Waals surface area contributed by atoms with Crippen LogP contribution in [0.4, 0.5) is 0 Å². The summed E-state index contributed by atoms with van der Waals surface area (Å²) in [5.41, 5.74) is 0.838. The van der Waals surface area contributed by atoms with Crippen LogP contribution < -0.4 is 9.54 Å². The molecule has 9 heteroatoms. The molecule has 130 valence electrons. The van der Waals surface area contributed by atoms with Gasteiger partial charge in [-0.05, 0) is 43.4 Å². The zero-order valence-corrected chi connectivity index (χ0v) is 15.4. The Morgan fingerprint density at radius 2 is 2.16 bits per heavy atom. The highest BCUT2D eigenvalue weighted by molar-refractivity contribution is 7.71. The van der Waals surface area contributed by atoms with Crippen molar-refractivity contribution in [3.8, 4) is 17.1 Å². The van der Waals surface area contributed by atoms with Crippen molar-refractivity contribution in [2.24, 2.45) is 12.0 Å². The second-order valence-electron chi connectivity index (χ2n) is 5.20. The minimum atomic E-state index is -0.289. The number of aromatic nitrogens is 4. The first-order valence-corrected chi connectivity index (χ1v) is 8.93. The Balaban J connectivity index is 1.88. The molecule has 2 heterocycles. The van der Waals surface area contributed by atoms with Gasteiger partial charge in [-0.15, -0.1) is 11.3 Å². The molecule has 3 aromatic rings. The Bertz CT molecular complexity index is 994. The molecule has 0 aliphatic heterocycles. The van der Waals surface area contributed by atoms with Crippen LogP contribution in [0.5, 0.6) is 5.75 Å². The summed E-state index contributed by atoms with van der Waals surface area (Å²) < 4.78 is 9.26. The molecule has 25 heavy (non-hydrogen) atoms. The van der Waals surface area contributed by atoms with Crippen molar-refractivity contribution < 1.29 is 9.53 Å². The summed E-state index contributed by atoms with van der Waals surface area (Å²) >= 11 is 6.66. The van der Waals surface area contributed by atoms with Gasteiger partial charge in [-0.3, -0.25) is 14.5 Å². The van der Waals surface area contributed by atoms with Gasteiger partial charge in [0, 0.05) is 24.2 Å². The van der Waals surface area contributed by atoms with Crippen LogP contribution in [0.1, 0.15) is 6.92 Å². The maximum absolute atomic E-state index is 12.3. The van der Waals surface area contributed by atoms with Gasteiger partial charge in [-0.1, -0.05) is 0 Å². The molecule has 0 bridgehead atoms. The fraction of sp³-hybridized carbons (Fsp3) is 0.250. The first-order chi connectivity index (χ1) is 12.1. The third-order valence-corrected chi connectivity index (χ3v) is 4.61. The highest BCUT2D eigenvalue weighted by Crippen LogP contribution is 2.21. The monoisotopic (exact) mass is 375 g/mol. The number of hydrogen-bond acceptors (Lipinski definition) is 5. The van der Waals surface area contributed by atoms with Gasteiger partial charge in [-0.25, -0.2) is 0 Å². The van der Waals surface area contributed by atoms with Crippen molar-refractivity contribution in [3.05, 3.63) is 45.4 Å². The third kappa shape index (κ3) is 3.94. The van der Waals surface area contributed by atoms with E-state index in [9.17, 15) is 4.79 Å². The van der Waals surface area contributed by atoms with E-state index in [0.717, 1.165) is 11.3 Å². The molecule has 7 nitrogen and oxygen atoms in total. The van der Waals surface area contributed by atoms with Crippen molar-refractivity contribution in [1.29, 1.82) is 0 Å². The van der Waals surface area contributed by atoms with E-state index < -0.39 is 0 Å². The zero-order chi connectivity index (χ0) is 17.8. The summed E-state index contributed by atoms with van der Waals surface area (Å²) in [6, 6.07) is 7.48. The summed E-state index contributed by atoms with van der Waals surface area (Å²) in [5, 5.41) is 8.85. The number of nitrogens with one attached hydrogen (secondary N) is 1. The average Bonchev–Trinajstić information content (AvgIpc) is 3.16. The molecule has 0 saturated heterocycles. The van der Waals surface area contributed by atoms with Crippen molar-refractivity contribution in [2.45, 2.75) is 13.5 Å². The van der Waals surface area contributed by atoms with E-state index in [4.69, 9.17) is 17.0 Å². The van der Waals surface area contributed by atoms with Crippen LogP contribution in [0.25, 0.3) is 11.4 Å². The van der Waals surface area contributed by atoms with Crippen LogP contribution >= 0.6 is 23.6 Å². The van der Waals surface area contributed by atoms with Crippen molar-refractivity contribution in [2.75, 3.05) is 6.61 Å². The lowest BCUT2D eigenvalue weighted by molar-refractivity contribution is -0.118. The number of nitrogens with zero attached hydrogens (tertiary/aromatic N) is 4. The molecule has 0 spiro atoms. The largest absolute Gasteiger partial charge is 0.494 e. The van der Waals surface area contributed by atoms with Crippen molar-refractivity contribution in [1.82, 2.24) is 19.3 Å². The topological polar surface area (TPSA) is 77.2 Å². The maximum atomic E-state index is 12.3. The van der Waals surface area contributed by atoms with Crippen LogP contribution in [-0.4, -0.2) is 31.8 Å². The van der Waals surface area contributed by atoms with E-state index in [0.29, 0.717) is 22.0 Å². The average molecular weight is 375 g/mol. The molecule has 0 unspecified atom stereocenters. The summed E-state index contributed by atoms with van der Waals surface area (Å²) in [7, 11) is 1.84. The number of amides is 1. The number of carbonyl (C=O) groups is 1. The standard InChI is InChI=1S/C16H17N5O2S2/c1-3-23-12-6-4-11(5-7-12)14-18-19-15(24)21(14)10-13(22)17-16-20(2)8-9-25-16/h4-9H,3,10H2,1-2H3,(H,19,24). The van der Waals surface area contributed by atoms with Gasteiger partial charge < -0.3 is 9.30 Å². The number of rotatable bonds is 5. The number of hydrogen-bond donors (Lipinski definition) is 1. The first kappa shape index (κ1) is 17.3. The van der Waals surface area contributed by atoms with Crippen LogP contribution in [-0.2, 0) is 18.4 Å². The molecule has 1 aromatic carbocycles. The van der Waals surface area contributed by atoms with Gasteiger partial charge in [0.1, 0.15) is 12.3 Å².